The van der Waals surface area contributed by atoms with Gasteiger partial charge in [0, 0.05) is 6.54 Å². The van der Waals surface area contributed by atoms with Crippen LogP contribution in [0, 0.1) is 12.7 Å². The standard InChI is InChI=1S/C13H15F4NO/c1-3-7-18(8-13(15,16)17)12(19)10-6-4-5-9(2)11(10)14/h4-6H,3,7-8H2,1-2H3. The zero-order chi connectivity index (χ0) is 14.6. The lowest BCUT2D eigenvalue weighted by Gasteiger charge is -2.23. The summed E-state index contributed by atoms with van der Waals surface area (Å²) in [6.07, 6.45) is -4.12. The minimum absolute atomic E-state index is 0.0638. The minimum Gasteiger partial charge on any atom is -0.329 e. The SMILES string of the molecule is CCCN(CC(F)(F)F)C(=O)c1cccc(C)c1F. The molecular weight excluding hydrogens is 262 g/mol. The molecule has 0 fully saturated rings. The van der Waals surface area contributed by atoms with E-state index in [9.17, 15) is 22.4 Å². The molecule has 0 atom stereocenters. The van der Waals surface area contributed by atoms with E-state index < -0.39 is 24.4 Å². The normalized spacial score (nSPS) is 11.5. The van der Waals surface area contributed by atoms with Crippen molar-refractivity contribution in [3.05, 3.63) is 35.1 Å². The van der Waals surface area contributed by atoms with Crippen LogP contribution in [0.15, 0.2) is 18.2 Å². The fourth-order valence-corrected chi connectivity index (χ4v) is 1.72. The summed E-state index contributed by atoms with van der Waals surface area (Å²) in [6, 6.07) is 4.10. The summed E-state index contributed by atoms with van der Waals surface area (Å²) < 4.78 is 50.9. The molecule has 0 spiro atoms. The number of hydrogen-bond acceptors (Lipinski definition) is 1. The van der Waals surface area contributed by atoms with E-state index in [1.807, 2.05) is 0 Å². The topological polar surface area (TPSA) is 20.3 Å². The third-order valence-electron chi connectivity index (χ3n) is 2.57. The van der Waals surface area contributed by atoms with Crippen LogP contribution in [-0.4, -0.2) is 30.1 Å². The van der Waals surface area contributed by atoms with E-state index in [-0.39, 0.29) is 17.7 Å². The zero-order valence-corrected chi connectivity index (χ0v) is 10.7. The predicted molar refractivity (Wildman–Crippen MR) is 63.4 cm³/mol. The van der Waals surface area contributed by atoms with Crippen LogP contribution in [0.1, 0.15) is 29.3 Å². The second-order valence-electron chi connectivity index (χ2n) is 4.28. The first-order valence-electron chi connectivity index (χ1n) is 5.87. The van der Waals surface area contributed by atoms with Crippen molar-refractivity contribution in [2.24, 2.45) is 0 Å². The molecule has 0 N–H and O–H groups in total. The van der Waals surface area contributed by atoms with Crippen LogP contribution in [0.4, 0.5) is 17.6 Å². The average Bonchev–Trinajstić information content (AvgIpc) is 2.30. The number of rotatable bonds is 4. The maximum absolute atomic E-state index is 13.8. The van der Waals surface area contributed by atoms with Crippen LogP contribution in [0.2, 0.25) is 0 Å². The fraction of sp³-hybridized carbons (Fsp3) is 0.462. The molecular formula is C13H15F4NO. The van der Waals surface area contributed by atoms with E-state index in [2.05, 4.69) is 0 Å². The molecule has 0 saturated heterocycles. The number of benzene rings is 1. The molecule has 0 aliphatic carbocycles. The van der Waals surface area contributed by atoms with Crippen LogP contribution in [-0.2, 0) is 0 Å². The van der Waals surface area contributed by atoms with Gasteiger partial charge in [0.25, 0.3) is 5.91 Å². The molecule has 0 radical (unpaired) electrons. The molecule has 0 aromatic heterocycles. The van der Waals surface area contributed by atoms with Gasteiger partial charge in [0.15, 0.2) is 0 Å². The predicted octanol–water partition coefficient (Wildman–Crippen LogP) is 3.55. The Hall–Kier alpha value is -1.59. The van der Waals surface area contributed by atoms with Crippen molar-refractivity contribution < 1.29 is 22.4 Å². The second-order valence-corrected chi connectivity index (χ2v) is 4.28. The van der Waals surface area contributed by atoms with Gasteiger partial charge >= 0.3 is 6.18 Å². The lowest BCUT2D eigenvalue weighted by Crippen LogP contribution is -2.39. The molecule has 1 amide bonds. The Labute approximate surface area is 109 Å². The van der Waals surface area contributed by atoms with Gasteiger partial charge in [-0.3, -0.25) is 4.79 Å². The van der Waals surface area contributed by atoms with Gasteiger partial charge in [0.1, 0.15) is 12.4 Å². The van der Waals surface area contributed by atoms with Crippen molar-refractivity contribution in [2.45, 2.75) is 26.4 Å². The van der Waals surface area contributed by atoms with Crippen LogP contribution in [0.5, 0.6) is 0 Å². The van der Waals surface area contributed by atoms with E-state index in [4.69, 9.17) is 0 Å². The number of aryl methyl sites for hydroxylation is 1. The van der Waals surface area contributed by atoms with Crippen molar-refractivity contribution in [3.8, 4) is 0 Å². The van der Waals surface area contributed by atoms with E-state index in [0.29, 0.717) is 11.3 Å². The fourth-order valence-electron chi connectivity index (χ4n) is 1.72. The van der Waals surface area contributed by atoms with Crippen LogP contribution < -0.4 is 0 Å². The van der Waals surface area contributed by atoms with Gasteiger partial charge < -0.3 is 4.90 Å². The maximum Gasteiger partial charge on any atom is 0.406 e. The van der Waals surface area contributed by atoms with Gasteiger partial charge in [-0.2, -0.15) is 13.2 Å². The third-order valence-corrected chi connectivity index (χ3v) is 2.57. The molecule has 1 aromatic rings. The van der Waals surface area contributed by atoms with E-state index in [1.54, 1.807) is 6.92 Å². The average molecular weight is 277 g/mol. The Morgan fingerprint density at radius 1 is 1.32 bits per heavy atom. The molecule has 0 saturated carbocycles. The summed E-state index contributed by atoms with van der Waals surface area (Å²) in [7, 11) is 0. The Bertz CT molecular complexity index is 456. The van der Waals surface area contributed by atoms with Gasteiger partial charge in [-0.05, 0) is 25.0 Å². The Balaban J connectivity index is 3.02. The second kappa shape index (κ2) is 6.04. The number of amides is 1. The van der Waals surface area contributed by atoms with E-state index in [0.717, 1.165) is 0 Å². The van der Waals surface area contributed by atoms with Crippen molar-refractivity contribution in [1.82, 2.24) is 4.90 Å². The van der Waals surface area contributed by atoms with Gasteiger partial charge in [0.05, 0.1) is 5.56 Å². The van der Waals surface area contributed by atoms with E-state index >= 15 is 0 Å². The monoisotopic (exact) mass is 277 g/mol. The van der Waals surface area contributed by atoms with Gasteiger partial charge in [-0.1, -0.05) is 19.1 Å². The first kappa shape index (κ1) is 15.5. The van der Waals surface area contributed by atoms with Gasteiger partial charge in [0.2, 0.25) is 0 Å². The summed E-state index contributed by atoms with van der Waals surface area (Å²) in [5, 5.41) is 0. The molecule has 19 heavy (non-hydrogen) atoms. The number of carbonyl (C=O) groups is 1. The Morgan fingerprint density at radius 3 is 2.47 bits per heavy atom. The molecule has 0 aliphatic rings. The highest BCUT2D eigenvalue weighted by Gasteiger charge is 2.33. The minimum atomic E-state index is -4.49. The molecule has 0 bridgehead atoms. The largest absolute Gasteiger partial charge is 0.406 e. The zero-order valence-electron chi connectivity index (χ0n) is 10.7. The lowest BCUT2D eigenvalue weighted by atomic mass is 10.1. The molecule has 0 unspecified atom stereocenters. The summed E-state index contributed by atoms with van der Waals surface area (Å²) in [5.41, 5.74) is -0.0907. The molecule has 106 valence electrons. The number of carbonyl (C=O) groups excluding carboxylic acids is 1. The van der Waals surface area contributed by atoms with Crippen molar-refractivity contribution in [2.75, 3.05) is 13.1 Å². The van der Waals surface area contributed by atoms with Gasteiger partial charge in [-0.15, -0.1) is 0 Å². The van der Waals surface area contributed by atoms with Gasteiger partial charge in [-0.25, -0.2) is 4.39 Å². The number of hydrogen-bond donors (Lipinski definition) is 0. The first-order chi connectivity index (χ1) is 8.76. The van der Waals surface area contributed by atoms with Crippen molar-refractivity contribution in [3.63, 3.8) is 0 Å². The molecule has 1 rings (SSSR count). The first-order valence-corrected chi connectivity index (χ1v) is 5.87. The third kappa shape index (κ3) is 4.22. The Kier molecular flexibility index (Phi) is 4.91. The van der Waals surface area contributed by atoms with Crippen LogP contribution in [0.25, 0.3) is 0 Å². The molecule has 0 heterocycles. The van der Waals surface area contributed by atoms with Crippen molar-refractivity contribution in [1.29, 1.82) is 0 Å². The molecule has 1 aromatic carbocycles. The highest BCUT2D eigenvalue weighted by atomic mass is 19.4. The molecule has 6 heteroatoms. The van der Waals surface area contributed by atoms with Crippen LogP contribution >= 0.6 is 0 Å². The summed E-state index contributed by atoms with van der Waals surface area (Å²) >= 11 is 0. The molecule has 2 nitrogen and oxygen atoms in total. The number of alkyl halides is 3. The summed E-state index contributed by atoms with van der Waals surface area (Å²) in [5.74, 6) is -1.70. The lowest BCUT2D eigenvalue weighted by molar-refractivity contribution is -0.140. The highest BCUT2D eigenvalue weighted by Crippen LogP contribution is 2.20. The van der Waals surface area contributed by atoms with Crippen molar-refractivity contribution >= 4 is 5.91 Å². The molecule has 0 aliphatic heterocycles. The number of nitrogens with zero attached hydrogens (tertiary/aromatic N) is 1. The smallest absolute Gasteiger partial charge is 0.329 e. The highest BCUT2D eigenvalue weighted by molar-refractivity contribution is 5.94. The summed E-state index contributed by atoms with van der Waals surface area (Å²) in [6.45, 7) is 1.68. The quantitative estimate of drug-likeness (QED) is 0.771. The number of halogens is 4. The maximum atomic E-state index is 13.8. The summed E-state index contributed by atoms with van der Waals surface area (Å²) in [4.78, 5) is 12.6. The van der Waals surface area contributed by atoms with E-state index in [1.165, 1.54) is 25.1 Å². The Morgan fingerprint density at radius 2 is 1.95 bits per heavy atom. The van der Waals surface area contributed by atoms with Crippen LogP contribution in [0.3, 0.4) is 0 Å².